The van der Waals surface area contributed by atoms with Gasteiger partial charge in [-0.15, -0.1) is 0 Å². The van der Waals surface area contributed by atoms with E-state index < -0.39 is 23.7 Å². The summed E-state index contributed by atoms with van der Waals surface area (Å²) in [5.74, 6) is -1.76. The van der Waals surface area contributed by atoms with Crippen molar-refractivity contribution in [1.82, 2.24) is 10.2 Å². The molecular formula is C23H28Cl2N2O6. The molecule has 0 bridgehead atoms. The summed E-state index contributed by atoms with van der Waals surface area (Å²) in [7, 11) is 3.43. The number of ether oxygens (including phenoxy) is 3. The molecule has 0 aliphatic heterocycles. The van der Waals surface area contributed by atoms with E-state index in [1.165, 1.54) is 6.07 Å². The monoisotopic (exact) mass is 498 g/mol. The van der Waals surface area contributed by atoms with Gasteiger partial charge in [-0.25, -0.2) is 4.79 Å². The molecule has 0 saturated heterocycles. The minimum atomic E-state index is -0.968. The number of nitrogens with one attached hydrogen (secondary N) is 1. The second-order valence-electron chi connectivity index (χ2n) is 7.21. The summed E-state index contributed by atoms with van der Waals surface area (Å²) in [6.07, 6.45) is 0.212. The zero-order chi connectivity index (χ0) is 24.4. The number of amides is 1. The van der Waals surface area contributed by atoms with Gasteiger partial charge >= 0.3 is 5.97 Å². The number of esters is 1. The molecule has 0 heterocycles. The smallest absolute Gasteiger partial charge is 0.328 e. The van der Waals surface area contributed by atoms with Gasteiger partial charge in [0, 0.05) is 20.1 Å². The van der Waals surface area contributed by atoms with Gasteiger partial charge in [-0.2, -0.15) is 0 Å². The van der Waals surface area contributed by atoms with E-state index in [9.17, 15) is 14.7 Å². The number of hydrogen-bond donors (Lipinski definition) is 2. The predicted octanol–water partition coefficient (Wildman–Crippen LogP) is 3.52. The summed E-state index contributed by atoms with van der Waals surface area (Å²) in [5.41, 5.74) is 0.648. The van der Waals surface area contributed by atoms with Gasteiger partial charge in [-0.3, -0.25) is 9.69 Å². The summed E-state index contributed by atoms with van der Waals surface area (Å²) in [4.78, 5) is 27.2. The topological polar surface area (TPSA) is 97.3 Å². The average molecular weight is 499 g/mol. The van der Waals surface area contributed by atoms with Gasteiger partial charge in [0.15, 0.2) is 11.5 Å². The lowest BCUT2D eigenvalue weighted by molar-refractivity contribution is -0.145. The lowest BCUT2D eigenvalue weighted by Crippen LogP contribution is -2.43. The molecule has 10 heteroatoms. The standard InChI is InChI=1S/C23H28Cl2N2O6/c1-4-32-23(30)18(12-15-8-6-5-7-9-15)26-22(29)16-13-17(24)21(19(25)20(16)28)33-11-10-27(2)14-31-3/h5-9,13,18,28H,4,10-12,14H2,1-3H3,(H,26,29). The molecule has 0 aromatic heterocycles. The summed E-state index contributed by atoms with van der Waals surface area (Å²) < 4.78 is 15.7. The number of carbonyl (C=O) groups excluding carboxylic acids is 2. The van der Waals surface area contributed by atoms with E-state index in [1.807, 2.05) is 42.3 Å². The second kappa shape index (κ2) is 13.3. The predicted molar refractivity (Wildman–Crippen MR) is 126 cm³/mol. The van der Waals surface area contributed by atoms with Crippen LogP contribution in [0.3, 0.4) is 0 Å². The quantitative estimate of drug-likeness (QED) is 0.341. The largest absolute Gasteiger partial charge is 0.505 e. The van der Waals surface area contributed by atoms with Crippen molar-refractivity contribution in [3.8, 4) is 11.5 Å². The normalized spacial score (nSPS) is 11.8. The Morgan fingerprint density at radius 3 is 2.55 bits per heavy atom. The zero-order valence-corrected chi connectivity index (χ0v) is 20.3. The van der Waals surface area contributed by atoms with E-state index in [4.69, 9.17) is 37.4 Å². The lowest BCUT2D eigenvalue weighted by atomic mass is 10.1. The van der Waals surface area contributed by atoms with Gasteiger partial charge in [0.25, 0.3) is 5.91 Å². The van der Waals surface area contributed by atoms with Crippen molar-refractivity contribution in [3.05, 3.63) is 57.6 Å². The Bertz CT molecular complexity index is 942. The highest BCUT2D eigenvalue weighted by Crippen LogP contribution is 2.42. The Balaban J connectivity index is 2.18. The number of benzene rings is 2. The molecule has 180 valence electrons. The maximum absolute atomic E-state index is 12.9. The molecule has 2 N–H and O–H groups in total. The van der Waals surface area contributed by atoms with Gasteiger partial charge in [-0.05, 0) is 25.6 Å². The first kappa shape index (κ1) is 26.7. The molecule has 1 amide bonds. The lowest BCUT2D eigenvalue weighted by Gasteiger charge is -2.19. The van der Waals surface area contributed by atoms with Gasteiger partial charge in [0.05, 0.1) is 23.9 Å². The van der Waals surface area contributed by atoms with Crippen molar-refractivity contribution in [2.24, 2.45) is 0 Å². The minimum Gasteiger partial charge on any atom is -0.505 e. The number of phenols is 1. The van der Waals surface area contributed by atoms with Crippen molar-refractivity contribution >= 4 is 35.1 Å². The Morgan fingerprint density at radius 1 is 1.21 bits per heavy atom. The van der Waals surface area contributed by atoms with E-state index >= 15 is 0 Å². The maximum Gasteiger partial charge on any atom is 0.328 e. The Morgan fingerprint density at radius 2 is 1.91 bits per heavy atom. The number of likely N-dealkylation sites (N-methyl/N-ethyl adjacent to an activating group) is 1. The highest BCUT2D eigenvalue weighted by Gasteiger charge is 2.27. The molecule has 8 nitrogen and oxygen atoms in total. The van der Waals surface area contributed by atoms with E-state index in [0.29, 0.717) is 13.3 Å². The van der Waals surface area contributed by atoms with Crippen LogP contribution in [0.15, 0.2) is 36.4 Å². The van der Waals surface area contributed by atoms with Crippen LogP contribution in [0.25, 0.3) is 0 Å². The summed E-state index contributed by atoms with van der Waals surface area (Å²) in [6.45, 7) is 3.00. The first-order valence-corrected chi connectivity index (χ1v) is 11.1. The highest BCUT2D eigenvalue weighted by atomic mass is 35.5. The number of rotatable bonds is 12. The Hall–Kier alpha value is -2.52. The molecular weight excluding hydrogens is 471 g/mol. The number of aromatic hydroxyl groups is 1. The molecule has 0 aliphatic carbocycles. The minimum absolute atomic E-state index is 0.0492. The molecule has 2 rings (SSSR count). The molecule has 33 heavy (non-hydrogen) atoms. The van der Waals surface area contributed by atoms with Crippen LogP contribution in [0, 0.1) is 0 Å². The third kappa shape index (κ3) is 7.78. The van der Waals surface area contributed by atoms with Crippen LogP contribution in [0.5, 0.6) is 11.5 Å². The molecule has 1 unspecified atom stereocenters. The van der Waals surface area contributed by atoms with Crippen LogP contribution in [0.4, 0.5) is 0 Å². The number of methoxy groups -OCH3 is 1. The van der Waals surface area contributed by atoms with Gasteiger partial charge in [-0.1, -0.05) is 53.5 Å². The third-order valence-corrected chi connectivity index (χ3v) is 5.25. The third-order valence-electron chi connectivity index (χ3n) is 4.62. The Labute approximate surface area is 203 Å². The van der Waals surface area contributed by atoms with Crippen molar-refractivity contribution in [2.75, 3.05) is 40.6 Å². The first-order valence-electron chi connectivity index (χ1n) is 10.3. The SMILES string of the molecule is CCOC(=O)C(Cc1ccccc1)NC(=O)c1cc(Cl)c(OCCN(C)COC)c(Cl)c1O. The highest BCUT2D eigenvalue weighted by molar-refractivity contribution is 6.39. The van der Waals surface area contributed by atoms with Crippen LogP contribution < -0.4 is 10.1 Å². The van der Waals surface area contributed by atoms with E-state index in [0.717, 1.165) is 5.56 Å². The van der Waals surface area contributed by atoms with Crippen molar-refractivity contribution in [2.45, 2.75) is 19.4 Å². The summed E-state index contributed by atoms with van der Waals surface area (Å²) in [5, 5.41) is 13.0. The molecule has 0 fully saturated rings. The second-order valence-corrected chi connectivity index (χ2v) is 8.00. The molecule has 1 atom stereocenters. The number of halogens is 2. The fourth-order valence-electron chi connectivity index (χ4n) is 3.01. The number of nitrogens with zero attached hydrogens (tertiary/aromatic N) is 1. The fourth-order valence-corrected chi connectivity index (χ4v) is 3.57. The van der Waals surface area contributed by atoms with Crippen molar-refractivity contribution < 1.29 is 28.9 Å². The van der Waals surface area contributed by atoms with Gasteiger partial charge in [0.2, 0.25) is 0 Å². The van der Waals surface area contributed by atoms with Crippen LogP contribution in [0.1, 0.15) is 22.8 Å². The number of phenolic OH excluding ortho intramolecular Hbond substituents is 1. The zero-order valence-electron chi connectivity index (χ0n) is 18.8. The summed E-state index contributed by atoms with van der Waals surface area (Å²) >= 11 is 12.5. The molecule has 0 aliphatic rings. The van der Waals surface area contributed by atoms with Crippen LogP contribution in [-0.2, 0) is 20.7 Å². The molecule has 0 spiro atoms. The molecule has 2 aromatic carbocycles. The van der Waals surface area contributed by atoms with E-state index in [1.54, 1.807) is 14.0 Å². The van der Waals surface area contributed by atoms with Crippen LogP contribution >= 0.6 is 23.2 Å². The number of carbonyl (C=O) groups is 2. The summed E-state index contributed by atoms with van der Waals surface area (Å²) in [6, 6.07) is 9.45. The maximum atomic E-state index is 12.9. The van der Waals surface area contributed by atoms with E-state index in [-0.39, 0.29) is 41.0 Å². The average Bonchev–Trinajstić information content (AvgIpc) is 2.79. The van der Waals surface area contributed by atoms with Crippen molar-refractivity contribution in [1.29, 1.82) is 0 Å². The molecule has 0 saturated carbocycles. The van der Waals surface area contributed by atoms with E-state index in [2.05, 4.69) is 5.32 Å². The van der Waals surface area contributed by atoms with Crippen LogP contribution in [-0.4, -0.2) is 68.6 Å². The van der Waals surface area contributed by atoms with Gasteiger partial charge < -0.3 is 24.6 Å². The fraction of sp³-hybridized carbons (Fsp3) is 0.391. The molecule has 2 aromatic rings. The van der Waals surface area contributed by atoms with Crippen molar-refractivity contribution in [3.63, 3.8) is 0 Å². The van der Waals surface area contributed by atoms with Gasteiger partial charge in [0.1, 0.15) is 17.7 Å². The first-order chi connectivity index (χ1) is 15.8. The number of hydrogen-bond acceptors (Lipinski definition) is 7. The Kier molecular flexibility index (Phi) is 10.7. The van der Waals surface area contributed by atoms with Crippen LogP contribution in [0.2, 0.25) is 10.0 Å². The molecule has 0 radical (unpaired) electrons.